The average molecular weight is 246 g/mol. The van der Waals surface area contributed by atoms with Crippen molar-refractivity contribution in [3.63, 3.8) is 0 Å². The van der Waals surface area contributed by atoms with Crippen LogP contribution in [-0.4, -0.2) is 31.6 Å². The first-order chi connectivity index (χ1) is 8.83. The third-order valence-corrected chi connectivity index (χ3v) is 3.01. The van der Waals surface area contributed by atoms with E-state index in [1.807, 2.05) is 6.08 Å². The SMILES string of the molecule is C=CCCCN(C)CCCNCc1ccccc1. The standard InChI is InChI=1S/C16H26N2/c1-3-4-8-13-18(2)14-9-12-17-15-16-10-6-5-7-11-16/h3,5-7,10-11,17H,1,4,8-9,12-15H2,2H3. The highest BCUT2D eigenvalue weighted by atomic mass is 15.1. The monoisotopic (exact) mass is 246 g/mol. The molecule has 1 N–H and O–H groups in total. The molecule has 0 amide bonds. The van der Waals surface area contributed by atoms with E-state index in [9.17, 15) is 0 Å². The Hall–Kier alpha value is -1.12. The van der Waals surface area contributed by atoms with E-state index in [0.29, 0.717) is 0 Å². The zero-order chi connectivity index (χ0) is 13.1. The first-order valence-corrected chi connectivity index (χ1v) is 6.87. The lowest BCUT2D eigenvalue weighted by atomic mass is 10.2. The number of rotatable bonds is 10. The summed E-state index contributed by atoms with van der Waals surface area (Å²) in [5.41, 5.74) is 1.36. The van der Waals surface area contributed by atoms with Crippen molar-refractivity contribution >= 4 is 0 Å². The van der Waals surface area contributed by atoms with Gasteiger partial charge in [-0.15, -0.1) is 6.58 Å². The van der Waals surface area contributed by atoms with Crippen LogP contribution in [0.15, 0.2) is 43.0 Å². The molecule has 1 aromatic carbocycles. The van der Waals surface area contributed by atoms with E-state index in [0.717, 1.165) is 19.5 Å². The molecule has 2 heteroatoms. The summed E-state index contributed by atoms with van der Waals surface area (Å²) in [5.74, 6) is 0. The molecule has 0 aliphatic carbocycles. The van der Waals surface area contributed by atoms with Crippen molar-refractivity contribution in [1.82, 2.24) is 10.2 Å². The topological polar surface area (TPSA) is 15.3 Å². The van der Waals surface area contributed by atoms with Crippen LogP contribution in [0.25, 0.3) is 0 Å². The van der Waals surface area contributed by atoms with Crippen LogP contribution >= 0.6 is 0 Å². The predicted octanol–water partition coefficient (Wildman–Crippen LogP) is 3.06. The molecule has 18 heavy (non-hydrogen) atoms. The van der Waals surface area contributed by atoms with Gasteiger partial charge in [0.25, 0.3) is 0 Å². The summed E-state index contributed by atoms with van der Waals surface area (Å²) in [4.78, 5) is 2.40. The van der Waals surface area contributed by atoms with Crippen LogP contribution in [0.3, 0.4) is 0 Å². The van der Waals surface area contributed by atoms with Crippen molar-refractivity contribution < 1.29 is 0 Å². The lowest BCUT2D eigenvalue weighted by Gasteiger charge is -2.16. The smallest absolute Gasteiger partial charge is 0.0205 e. The molecule has 100 valence electrons. The third-order valence-electron chi connectivity index (χ3n) is 3.01. The predicted molar refractivity (Wildman–Crippen MR) is 79.7 cm³/mol. The fourth-order valence-electron chi connectivity index (χ4n) is 1.92. The fourth-order valence-corrected chi connectivity index (χ4v) is 1.92. The Morgan fingerprint density at radius 1 is 1.17 bits per heavy atom. The molecule has 0 bridgehead atoms. The Bertz CT molecular complexity index is 308. The number of unbranched alkanes of at least 4 members (excludes halogenated alkanes) is 1. The summed E-state index contributed by atoms with van der Waals surface area (Å²) in [6.45, 7) is 8.14. The molecule has 0 unspecified atom stereocenters. The number of hydrogen-bond donors (Lipinski definition) is 1. The fraction of sp³-hybridized carbons (Fsp3) is 0.500. The molecule has 0 radical (unpaired) electrons. The van der Waals surface area contributed by atoms with Gasteiger partial charge >= 0.3 is 0 Å². The molecule has 0 saturated heterocycles. The zero-order valence-corrected chi connectivity index (χ0v) is 11.6. The van der Waals surface area contributed by atoms with E-state index in [-0.39, 0.29) is 0 Å². The third kappa shape index (κ3) is 7.25. The Morgan fingerprint density at radius 3 is 2.61 bits per heavy atom. The van der Waals surface area contributed by atoms with Gasteiger partial charge in [0.15, 0.2) is 0 Å². The second-order valence-electron chi connectivity index (χ2n) is 4.75. The lowest BCUT2D eigenvalue weighted by Crippen LogP contribution is -2.24. The van der Waals surface area contributed by atoms with E-state index < -0.39 is 0 Å². The van der Waals surface area contributed by atoms with Crippen molar-refractivity contribution in [1.29, 1.82) is 0 Å². The van der Waals surface area contributed by atoms with Crippen molar-refractivity contribution in [2.24, 2.45) is 0 Å². The number of nitrogens with one attached hydrogen (secondary N) is 1. The van der Waals surface area contributed by atoms with Crippen LogP contribution in [0.5, 0.6) is 0 Å². The van der Waals surface area contributed by atoms with Crippen LogP contribution in [-0.2, 0) is 6.54 Å². The number of allylic oxidation sites excluding steroid dienone is 1. The van der Waals surface area contributed by atoms with Gasteiger partial charge in [0.2, 0.25) is 0 Å². The highest BCUT2D eigenvalue weighted by molar-refractivity contribution is 5.14. The highest BCUT2D eigenvalue weighted by Gasteiger charge is 1.97. The molecule has 0 aliphatic rings. The van der Waals surface area contributed by atoms with Crippen molar-refractivity contribution in [2.75, 3.05) is 26.7 Å². The minimum absolute atomic E-state index is 0.973. The molecule has 0 atom stereocenters. The van der Waals surface area contributed by atoms with Gasteiger partial charge in [0.1, 0.15) is 0 Å². The second-order valence-corrected chi connectivity index (χ2v) is 4.75. The van der Waals surface area contributed by atoms with Gasteiger partial charge < -0.3 is 10.2 Å². The van der Waals surface area contributed by atoms with Gasteiger partial charge in [-0.25, -0.2) is 0 Å². The molecule has 1 rings (SSSR count). The molecule has 0 heterocycles. The average Bonchev–Trinajstić information content (AvgIpc) is 2.40. The van der Waals surface area contributed by atoms with E-state index in [4.69, 9.17) is 0 Å². The van der Waals surface area contributed by atoms with Crippen LogP contribution in [0, 0.1) is 0 Å². The highest BCUT2D eigenvalue weighted by Crippen LogP contribution is 1.98. The van der Waals surface area contributed by atoms with E-state index in [1.165, 1.54) is 31.5 Å². The molecule has 0 spiro atoms. The molecule has 1 aromatic rings. The normalized spacial score (nSPS) is 10.8. The van der Waals surface area contributed by atoms with Crippen molar-refractivity contribution in [3.8, 4) is 0 Å². The Labute approximate surface area is 112 Å². The Balaban J connectivity index is 1.96. The summed E-state index contributed by atoms with van der Waals surface area (Å²) in [7, 11) is 2.19. The van der Waals surface area contributed by atoms with Crippen LogP contribution in [0.2, 0.25) is 0 Å². The van der Waals surface area contributed by atoms with E-state index in [2.05, 4.69) is 54.2 Å². The van der Waals surface area contributed by atoms with Gasteiger partial charge in [-0.1, -0.05) is 36.4 Å². The van der Waals surface area contributed by atoms with Gasteiger partial charge in [0.05, 0.1) is 0 Å². The van der Waals surface area contributed by atoms with Gasteiger partial charge in [-0.05, 0) is 51.5 Å². The first kappa shape index (κ1) is 14.9. The first-order valence-electron chi connectivity index (χ1n) is 6.87. The maximum Gasteiger partial charge on any atom is 0.0205 e. The zero-order valence-electron chi connectivity index (χ0n) is 11.6. The second kappa shape index (κ2) is 9.86. The molecule has 0 saturated carbocycles. The van der Waals surface area contributed by atoms with Gasteiger partial charge in [-0.2, -0.15) is 0 Å². The largest absolute Gasteiger partial charge is 0.313 e. The van der Waals surface area contributed by atoms with Crippen molar-refractivity contribution in [3.05, 3.63) is 48.6 Å². The van der Waals surface area contributed by atoms with Crippen LogP contribution in [0.1, 0.15) is 24.8 Å². The summed E-state index contributed by atoms with van der Waals surface area (Å²) in [6.07, 6.45) is 5.54. The maximum atomic E-state index is 3.74. The number of hydrogen-bond acceptors (Lipinski definition) is 2. The minimum Gasteiger partial charge on any atom is -0.313 e. The number of benzene rings is 1. The molecule has 0 aromatic heterocycles. The lowest BCUT2D eigenvalue weighted by molar-refractivity contribution is 0.323. The number of nitrogens with zero attached hydrogens (tertiary/aromatic N) is 1. The van der Waals surface area contributed by atoms with Crippen LogP contribution in [0.4, 0.5) is 0 Å². The molecule has 2 nitrogen and oxygen atoms in total. The molecule has 0 fully saturated rings. The van der Waals surface area contributed by atoms with Gasteiger partial charge in [0, 0.05) is 6.54 Å². The van der Waals surface area contributed by atoms with E-state index in [1.54, 1.807) is 0 Å². The quantitative estimate of drug-likeness (QED) is 0.504. The summed E-state index contributed by atoms with van der Waals surface area (Å²) >= 11 is 0. The minimum atomic E-state index is 0.973. The molecule has 0 aliphatic heterocycles. The Morgan fingerprint density at radius 2 is 1.89 bits per heavy atom. The van der Waals surface area contributed by atoms with Crippen molar-refractivity contribution in [2.45, 2.75) is 25.8 Å². The summed E-state index contributed by atoms with van der Waals surface area (Å²) < 4.78 is 0. The maximum absolute atomic E-state index is 3.74. The van der Waals surface area contributed by atoms with Crippen LogP contribution < -0.4 is 5.32 Å². The molecular formula is C16H26N2. The van der Waals surface area contributed by atoms with Gasteiger partial charge in [-0.3, -0.25) is 0 Å². The summed E-state index contributed by atoms with van der Waals surface area (Å²) in [6, 6.07) is 10.6. The molecular weight excluding hydrogens is 220 g/mol. The van der Waals surface area contributed by atoms with E-state index >= 15 is 0 Å². The Kier molecular flexibility index (Phi) is 8.19. The summed E-state index contributed by atoms with van der Waals surface area (Å²) in [5, 5.41) is 3.48.